The van der Waals surface area contributed by atoms with E-state index in [1.165, 1.54) is 5.56 Å². The molecule has 2 aromatic heterocycles. The molecule has 3 heteroatoms. The minimum Gasteiger partial charge on any atom is -0.221 e. The van der Waals surface area contributed by atoms with E-state index in [-0.39, 0.29) is 0 Å². The van der Waals surface area contributed by atoms with Crippen molar-refractivity contribution in [2.45, 2.75) is 27.7 Å². The van der Waals surface area contributed by atoms with Crippen LogP contribution >= 0.6 is 0 Å². The van der Waals surface area contributed by atoms with Crippen molar-refractivity contribution in [1.82, 2.24) is 14.6 Å². The van der Waals surface area contributed by atoms with E-state index in [9.17, 15) is 0 Å². The van der Waals surface area contributed by atoms with Crippen LogP contribution in [0.15, 0.2) is 18.3 Å². The van der Waals surface area contributed by atoms with Crippen LogP contribution in [0.1, 0.15) is 25.2 Å². The summed E-state index contributed by atoms with van der Waals surface area (Å²) in [5.41, 5.74) is 2.13. The standard InChI is InChI=1S/C8H9N3.C2H6/c1-6-3-4-11-8(5-6)9-7(2)10-11;1-2/h3-5H,1-2H3;1-2H3. The number of fused-ring (bicyclic) bond motifs is 1. The van der Waals surface area contributed by atoms with Gasteiger partial charge in [-0.2, -0.15) is 5.10 Å². The molecule has 0 aliphatic rings. The van der Waals surface area contributed by atoms with E-state index < -0.39 is 0 Å². The number of rotatable bonds is 0. The van der Waals surface area contributed by atoms with Crippen molar-refractivity contribution < 1.29 is 0 Å². The first-order valence-corrected chi connectivity index (χ1v) is 4.55. The molecular weight excluding hydrogens is 162 g/mol. The van der Waals surface area contributed by atoms with Gasteiger partial charge in [-0.25, -0.2) is 9.50 Å². The number of nitrogens with zero attached hydrogens (tertiary/aromatic N) is 3. The normalized spacial score (nSPS) is 9.54. The molecule has 0 aliphatic carbocycles. The van der Waals surface area contributed by atoms with E-state index in [1.807, 2.05) is 46.0 Å². The van der Waals surface area contributed by atoms with Gasteiger partial charge in [-0.3, -0.25) is 0 Å². The maximum Gasteiger partial charge on any atom is 0.155 e. The smallest absolute Gasteiger partial charge is 0.155 e. The highest BCUT2D eigenvalue weighted by atomic mass is 15.3. The van der Waals surface area contributed by atoms with Crippen molar-refractivity contribution in [3.05, 3.63) is 29.7 Å². The third-order valence-electron chi connectivity index (χ3n) is 1.60. The second-order valence-corrected chi connectivity index (χ2v) is 2.67. The predicted molar refractivity (Wildman–Crippen MR) is 53.8 cm³/mol. The molecule has 2 rings (SSSR count). The maximum absolute atomic E-state index is 4.23. The van der Waals surface area contributed by atoms with Gasteiger partial charge in [-0.1, -0.05) is 13.8 Å². The van der Waals surface area contributed by atoms with Crippen molar-refractivity contribution in [3.8, 4) is 0 Å². The van der Waals surface area contributed by atoms with Crippen LogP contribution in [0.25, 0.3) is 5.65 Å². The first-order valence-electron chi connectivity index (χ1n) is 4.55. The Morgan fingerprint density at radius 2 is 1.92 bits per heavy atom. The van der Waals surface area contributed by atoms with Gasteiger partial charge in [0, 0.05) is 6.20 Å². The zero-order chi connectivity index (χ0) is 9.84. The quantitative estimate of drug-likeness (QED) is 0.618. The van der Waals surface area contributed by atoms with E-state index in [0.29, 0.717) is 0 Å². The Labute approximate surface area is 78.4 Å². The van der Waals surface area contributed by atoms with E-state index in [1.54, 1.807) is 4.52 Å². The van der Waals surface area contributed by atoms with Crippen molar-refractivity contribution in [1.29, 1.82) is 0 Å². The minimum atomic E-state index is 0.815. The summed E-state index contributed by atoms with van der Waals surface area (Å²) >= 11 is 0. The highest BCUT2D eigenvalue weighted by molar-refractivity contribution is 5.39. The summed E-state index contributed by atoms with van der Waals surface area (Å²) in [7, 11) is 0. The molecule has 0 saturated carbocycles. The van der Waals surface area contributed by atoms with E-state index >= 15 is 0 Å². The molecule has 0 amide bonds. The second-order valence-electron chi connectivity index (χ2n) is 2.67. The molecule has 0 spiro atoms. The largest absolute Gasteiger partial charge is 0.221 e. The lowest BCUT2D eigenvalue weighted by Gasteiger charge is -1.90. The van der Waals surface area contributed by atoms with Crippen LogP contribution in [0, 0.1) is 13.8 Å². The van der Waals surface area contributed by atoms with Crippen LogP contribution in [0.5, 0.6) is 0 Å². The van der Waals surface area contributed by atoms with Crippen LogP contribution in [0.3, 0.4) is 0 Å². The molecule has 0 aliphatic heterocycles. The molecule has 3 nitrogen and oxygen atoms in total. The lowest BCUT2D eigenvalue weighted by molar-refractivity contribution is 0.928. The van der Waals surface area contributed by atoms with Crippen molar-refractivity contribution >= 4 is 5.65 Å². The zero-order valence-electron chi connectivity index (χ0n) is 8.57. The Morgan fingerprint density at radius 1 is 1.23 bits per heavy atom. The van der Waals surface area contributed by atoms with Gasteiger partial charge < -0.3 is 0 Å². The third kappa shape index (κ3) is 2.05. The van der Waals surface area contributed by atoms with E-state index in [4.69, 9.17) is 0 Å². The third-order valence-corrected chi connectivity index (χ3v) is 1.60. The van der Waals surface area contributed by atoms with Crippen LogP contribution < -0.4 is 0 Å². The average Bonchev–Trinajstić information content (AvgIpc) is 2.48. The van der Waals surface area contributed by atoms with Gasteiger partial charge in [0.05, 0.1) is 0 Å². The first kappa shape index (κ1) is 9.71. The second kappa shape index (κ2) is 4.03. The van der Waals surface area contributed by atoms with Gasteiger partial charge >= 0.3 is 0 Å². The van der Waals surface area contributed by atoms with E-state index in [0.717, 1.165) is 11.5 Å². The van der Waals surface area contributed by atoms with Gasteiger partial charge in [0.15, 0.2) is 5.65 Å². The van der Waals surface area contributed by atoms with Gasteiger partial charge in [-0.05, 0) is 31.5 Å². The molecule has 0 bridgehead atoms. The molecule has 0 fully saturated rings. The molecule has 0 saturated heterocycles. The number of aryl methyl sites for hydroxylation is 2. The highest BCUT2D eigenvalue weighted by Crippen LogP contribution is 2.03. The number of aromatic nitrogens is 3. The Bertz CT molecular complexity index is 390. The van der Waals surface area contributed by atoms with Crippen LogP contribution in [-0.4, -0.2) is 14.6 Å². The van der Waals surface area contributed by atoms with E-state index in [2.05, 4.69) is 10.1 Å². The fourth-order valence-electron chi connectivity index (χ4n) is 1.09. The number of pyridine rings is 1. The van der Waals surface area contributed by atoms with Crippen molar-refractivity contribution in [2.24, 2.45) is 0 Å². The molecule has 70 valence electrons. The van der Waals surface area contributed by atoms with Crippen LogP contribution in [-0.2, 0) is 0 Å². The number of hydrogen-bond donors (Lipinski definition) is 0. The Kier molecular flexibility index (Phi) is 3.01. The monoisotopic (exact) mass is 177 g/mol. The van der Waals surface area contributed by atoms with Crippen molar-refractivity contribution in [2.75, 3.05) is 0 Å². The fourth-order valence-corrected chi connectivity index (χ4v) is 1.09. The fraction of sp³-hybridized carbons (Fsp3) is 0.400. The summed E-state index contributed by atoms with van der Waals surface area (Å²) in [5.74, 6) is 0.815. The molecule has 0 atom stereocenters. The highest BCUT2D eigenvalue weighted by Gasteiger charge is 1.96. The van der Waals surface area contributed by atoms with Gasteiger partial charge in [0.1, 0.15) is 5.82 Å². The SMILES string of the molecule is CC.Cc1ccn2nc(C)nc2c1. The summed E-state index contributed by atoms with van der Waals surface area (Å²) < 4.78 is 1.78. The summed E-state index contributed by atoms with van der Waals surface area (Å²) in [6, 6.07) is 4.03. The topological polar surface area (TPSA) is 30.2 Å². The summed E-state index contributed by atoms with van der Waals surface area (Å²) in [5, 5.41) is 4.16. The Hall–Kier alpha value is -1.38. The lowest BCUT2D eigenvalue weighted by atomic mass is 10.3. The zero-order valence-corrected chi connectivity index (χ0v) is 8.57. The molecule has 2 heterocycles. The summed E-state index contributed by atoms with van der Waals surface area (Å²) in [4.78, 5) is 4.23. The molecule has 13 heavy (non-hydrogen) atoms. The first-order chi connectivity index (χ1) is 6.25. The summed E-state index contributed by atoms with van der Waals surface area (Å²) in [6.07, 6.45) is 1.92. The van der Waals surface area contributed by atoms with Gasteiger partial charge in [0.2, 0.25) is 0 Å². The predicted octanol–water partition coefficient (Wildman–Crippen LogP) is 2.37. The molecule has 0 radical (unpaired) electrons. The molecule has 0 aromatic carbocycles. The van der Waals surface area contributed by atoms with Crippen molar-refractivity contribution in [3.63, 3.8) is 0 Å². The average molecular weight is 177 g/mol. The molecular formula is C10H15N3. The number of hydrogen-bond acceptors (Lipinski definition) is 2. The molecule has 2 aromatic rings. The van der Waals surface area contributed by atoms with Gasteiger partial charge in [0.25, 0.3) is 0 Å². The summed E-state index contributed by atoms with van der Waals surface area (Å²) in [6.45, 7) is 7.94. The van der Waals surface area contributed by atoms with Gasteiger partial charge in [-0.15, -0.1) is 0 Å². The molecule has 0 N–H and O–H groups in total. The minimum absolute atomic E-state index is 0.815. The van der Waals surface area contributed by atoms with Crippen LogP contribution in [0.4, 0.5) is 0 Å². The Morgan fingerprint density at radius 3 is 2.62 bits per heavy atom. The molecule has 0 unspecified atom stereocenters. The van der Waals surface area contributed by atoms with Crippen LogP contribution in [0.2, 0.25) is 0 Å². The maximum atomic E-state index is 4.23. The lowest BCUT2D eigenvalue weighted by Crippen LogP contribution is -1.86. The Balaban J connectivity index is 0.000000396.